The Bertz CT molecular complexity index is 422. The van der Waals surface area contributed by atoms with Gasteiger partial charge in [-0.25, -0.2) is 0 Å². The van der Waals surface area contributed by atoms with Crippen LogP contribution in [0.25, 0.3) is 0 Å². The summed E-state index contributed by atoms with van der Waals surface area (Å²) in [5, 5.41) is 3.63. The summed E-state index contributed by atoms with van der Waals surface area (Å²) in [6.07, 6.45) is 6.51. The third kappa shape index (κ3) is 4.38. The first-order valence-electron chi connectivity index (χ1n) is 9.67. The van der Waals surface area contributed by atoms with E-state index < -0.39 is 0 Å². The molecule has 0 saturated heterocycles. The van der Waals surface area contributed by atoms with Crippen molar-refractivity contribution < 1.29 is 4.79 Å². The molecule has 1 spiro atoms. The quantitative estimate of drug-likeness (QED) is 0.770. The predicted octanol–water partition coefficient (Wildman–Crippen LogP) is 5.21. The number of carbonyl (C=O) groups excluding carboxylic acids is 1. The van der Waals surface area contributed by atoms with Crippen LogP contribution in [-0.4, -0.2) is 17.4 Å². The minimum Gasteiger partial charge on any atom is -0.303 e. The fourth-order valence-corrected chi connectivity index (χ4v) is 4.98. The number of rotatable bonds is 4. The average Bonchev–Trinajstić information content (AvgIpc) is 3.13. The largest absolute Gasteiger partial charge is 0.303 e. The monoisotopic (exact) mass is 321 g/mol. The van der Waals surface area contributed by atoms with Crippen LogP contribution < -0.4 is 5.32 Å². The first-order chi connectivity index (χ1) is 10.3. The van der Waals surface area contributed by atoms with Crippen LogP contribution in [-0.2, 0) is 4.79 Å². The first kappa shape index (κ1) is 19.0. The highest BCUT2D eigenvalue weighted by atomic mass is 16.1. The number of hydrogen-bond donors (Lipinski definition) is 1. The molecule has 0 aromatic rings. The zero-order valence-electron chi connectivity index (χ0n) is 16.8. The molecule has 2 saturated carbocycles. The van der Waals surface area contributed by atoms with Crippen LogP contribution in [0.2, 0.25) is 0 Å². The third-order valence-electron chi connectivity index (χ3n) is 6.40. The van der Waals surface area contributed by atoms with Gasteiger partial charge in [-0.1, -0.05) is 34.6 Å². The summed E-state index contributed by atoms with van der Waals surface area (Å²) in [5.41, 5.74) is 0.374. The maximum atomic E-state index is 13.0. The first-order valence-corrected chi connectivity index (χ1v) is 9.67. The summed E-state index contributed by atoms with van der Waals surface area (Å²) in [4.78, 5) is 13.0. The van der Waals surface area contributed by atoms with E-state index in [2.05, 4.69) is 60.7 Å². The lowest BCUT2D eigenvalue weighted by molar-refractivity contribution is -0.129. The molecule has 1 N–H and O–H groups in total. The number of Topliss-reactive ketones (excluding diaryl/α,β-unsaturated/α-hetero) is 1. The Morgan fingerprint density at radius 2 is 1.52 bits per heavy atom. The molecule has 3 atom stereocenters. The van der Waals surface area contributed by atoms with Gasteiger partial charge in [0.1, 0.15) is 0 Å². The SMILES string of the molecule is CC1CC(CC(NC(C)(C)C)C(=O)C(C)(C)C)CC(C)C12CC2. The van der Waals surface area contributed by atoms with Gasteiger partial charge in [0.05, 0.1) is 6.04 Å². The molecule has 23 heavy (non-hydrogen) atoms. The van der Waals surface area contributed by atoms with Gasteiger partial charge in [0, 0.05) is 11.0 Å². The van der Waals surface area contributed by atoms with Crippen molar-refractivity contribution in [3.05, 3.63) is 0 Å². The zero-order chi connectivity index (χ0) is 17.6. The molecule has 0 heterocycles. The van der Waals surface area contributed by atoms with E-state index in [0.29, 0.717) is 17.1 Å². The number of ketones is 1. The molecule has 0 aromatic carbocycles. The van der Waals surface area contributed by atoms with Gasteiger partial charge in [-0.2, -0.15) is 0 Å². The highest BCUT2D eigenvalue weighted by molar-refractivity contribution is 5.88. The summed E-state index contributed by atoms with van der Waals surface area (Å²) in [7, 11) is 0. The lowest BCUT2D eigenvalue weighted by Gasteiger charge is -2.42. The Labute approximate surface area is 144 Å². The Balaban J connectivity index is 2.07. The second-order valence-corrected chi connectivity index (χ2v) is 10.7. The van der Waals surface area contributed by atoms with E-state index in [-0.39, 0.29) is 17.0 Å². The van der Waals surface area contributed by atoms with Crippen molar-refractivity contribution >= 4 is 5.78 Å². The fraction of sp³-hybridized carbons (Fsp3) is 0.952. The van der Waals surface area contributed by atoms with E-state index in [1.807, 2.05) is 0 Å². The van der Waals surface area contributed by atoms with Crippen molar-refractivity contribution in [2.45, 2.75) is 99.1 Å². The van der Waals surface area contributed by atoms with E-state index in [0.717, 1.165) is 18.3 Å². The fourth-order valence-electron chi connectivity index (χ4n) is 4.98. The molecule has 2 aliphatic carbocycles. The Kier molecular flexibility index (Phi) is 5.09. The van der Waals surface area contributed by atoms with Crippen molar-refractivity contribution in [2.75, 3.05) is 0 Å². The number of nitrogens with one attached hydrogen (secondary N) is 1. The second kappa shape index (κ2) is 6.17. The smallest absolute Gasteiger partial charge is 0.155 e. The molecular formula is C21H39NO. The van der Waals surface area contributed by atoms with Gasteiger partial charge in [-0.05, 0) is 76.0 Å². The van der Waals surface area contributed by atoms with Crippen LogP contribution >= 0.6 is 0 Å². The summed E-state index contributed by atoms with van der Waals surface area (Å²) < 4.78 is 0. The van der Waals surface area contributed by atoms with E-state index in [4.69, 9.17) is 0 Å². The summed E-state index contributed by atoms with van der Waals surface area (Å²) in [6.45, 7) is 17.6. The molecule has 2 rings (SSSR count). The number of hydrogen-bond acceptors (Lipinski definition) is 2. The van der Waals surface area contributed by atoms with Crippen LogP contribution in [0.3, 0.4) is 0 Å². The topological polar surface area (TPSA) is 29.1 Å². The van der Waals surface area contributed by atoms with E-state index in [9.17, 15) is 4.79 Å². The molecule has 3 unspecified atom stereocenters. The minimum absolute atomic E-state index is 0.00680. The summed E-state index contributed by atoms with van der Waals surface area (Å²) in [5.74, 6) is 2.73. The standard InChI is InChI=1S/C21H39NO/c1-14-11-16(12-15(2)21(14)9-10-21)13-17(22-20(6,7)8)18(23)19(3,4)5/h14-17,22H,9-13H2,1-8H3. The van der Waals surface area contributed by atoms with Crippen LogP contribution in [0.15, 0.2) is 0 Å². The van der Waals surface area contributed by atoms with Crippen molar-refractivity contribution in [3.8, 4) is 0 Å². The van der Waals surface area contributed by atoms with Gasteiger partial charge in [-0.3, -0.25) is 4.79 Å². The Morgan fingerprint density at radius 3 is 1.87 bits per heavy atom. The maximum absolute atomic E-state index is 13.0. The van der Waals surface area contributed by atoms with Gasteiger partial charge in [0.25, 0.3) is 0 Å². The molecule has 134 valence electrons. The van der Waals surface area contributed by atoms with Gasteiger partial charge >= 0.3 is 0 Å². The van der Waals surface area contributed by atoms with Gasteiger partial charge < -0.3 is 5.32 Å². The van der Waals surface area contributed by atoms with Crippen molar-refractivity contribution in [2.24, 2.45) is 28.6 Å². The Morgan fingerprint density at radius 1 is 1.04 bits per heavy atom. The molecule has 0 aliphatic heterocycles. The summed E-state index contributed by atoms with van der Waals surface area (Å²) >= 11 is 0. The van der Waals surface area contributed by atoms with E-state index in [1.54, 1.807) is 0 Å². The van der Waals surface area contributed by atoms with Crippen LogP contribution in [0.1, 0.15) is 87.5 Å². The van der Waals surface area contributed by atoms with Crippen LogP contribution in [0, 0.1) is 28.6 Å². The van der Waals surface area contributed by atoms with Gasteiger partial charge in [0.15, 0.2) is 5.78 Å². The summed E-state index contributed by atoms with van der Waals surface area (Å²) in [6, 6.07) is -0.00680. The van der Waals surface area contributed by atoms with Crippen LogP contribution in [0.5, 0.6) is 0 Å². The molecule has 0 bridgehead atoms. The number of carbonyl (C=O) groups is 1. The average molecular weight is 322 g/mol. The lowest BCUT2D eigenvalue weighted by Crippen LogP contribution is -2.52. The van der Waals surface area contributed by atoms with Crippen molar-refractivity contribution in [3.63, 3.8) is 0 Å². The van der Waals surface area contributed by atoms with Gasteiger partial charge in [-0.15, -0.1) is 0 Å². The van der Waals surface area contributed by atoms with Crippen LogP contribution in [0.4, 0.5) is 0 Å². The predicted molar refractivity (Wildman–Crippen MR) is 98.5 cm³/mol. The van der Waals surface area contributed by atoms with E-state index >= 15 is 0 Å². The molecule has 2 fully saturated rings. The molecule has 2 heteroatoms. The molecular weight excluding hydrogens is 282 g/mol. The minimum atomic E-state index is -0.271. The Hall–Kier alpha value is -0.370. The second-order valence-electron chi connectivity index (χ2n) is 10.7. The van der Waals surface area contributed by atoms with Crippen molar-refractivity contribution in [1.82, 2.24) is 5.32 Å². The third-order valence-corrected chi connectivity index (χ3v) is 6.40. The zero-order valence-corrected chi connectivity index (χ0v) is 16.8. The highest BCUT2D eigenvalue weighted by Gasteiger charge is 2.54. The molecule has 0 aromatic heterocycles. The molecule has 0 amide bonds. The molecule has 0 radical (unpaired) electrons. The van der Waals surface area contributed by atoms with Gasteiger partial charge in [0.2, 0.25) is 0 Å². The maximum Gasteiger partial charge on any atom is 0.155 e. The van der Waals surface area contributed by atoms with E-state index in [1.165, 1.54) is 25.7 Å². The molecule has 2 nitrogen and oxygen atoms in total. The highest BCUT2D eigenvalue weighted by Crippen LogP contribution is 2.63. The lowest BCUT2D eigenvalue weighted by atomic mass is 9.65. The molecule has 2 aliphatic rings. The normalized spacial score (nSPS) is 31.9. The van der Waals surface area contributed by atoms with Crippen molar-refractivity contribution in [1.29, 1.82) is 0 Å².